The van der Waals surface area contributed by atoms with Crippen molar-refractivity contribution in [2.75, 3.05) is 32.5 Å². The fourth-order valence-corrected chi connectivity index (χ4v) is 1.97. The lowest BCUT2D eigenvalue weighted by molar-refractivity contribution is 0.0528. The van der Waals surface area contributed by atoms with E-state index in [9.17, 15) is 4.79 Å². The second-order valence-electron chi connectivity index (χ2n) is 6.65. The Labute approximate surface area is 134 Å². The molecular formula is C17H29N3O2. The molecule has 0 aliphatic carbocycles. The molecule has 1 aromatic carbocycles. The molecule has 0 spiro atoms. The molecule has 22 heavy (non-hydrogen) atoms. The van der Waals surface area contributed by atoms with Crippen LogP contribution >= 0.6 is 0 Å². The zero-order valence-corrected chi connectivity index (χ0v) is 14.4. The topological polar surface area (TPSA) is 53.6 Å². The average Bonchev–Trinajstić information content (AvgIpc) is 2.35. The lowest BCUT2D eigenvalue weighted by Gasteiger charge is -2.19. The van der Waals surface area contributed by atoms with Gasteiger partial charge in [0.1, 0.15) is 5.60 Å². The zero-order valence-electron chi connectivity index (χ0n) is 14.4. The van der Waals surface area contributed by atoms with E-state index in [1.54, 1.807) is 0 Å². The minimum Gasteiger partial charge on any atom is -0.444 e. The number of nitrogens with zero attached hydrogens (tertiary/aromatic N) is 1. The fraction of sp³-hybridized carbons (Fsp3) is 0.588. The second-order valence-corrected chi connectivity index (χ2v) is 6.65. The summed E-state index contributed by atoms with van der Waals surface area (Å²) in [5.74, 6) is 0. The molecule has 1 rings (SSSR count). The number of hydrogen-bond acceptors (Lipinski definition) is 4. The first-order chi connectivity index (χ1) is 10.3. The van der Waals surface area contributed by atoms with E-state index in [2.05, 4.69) is 53.9 Å². The fourth-order valence-electron chi connectivity index (χ4n) is 1.97. The van der Waals surface area contributed by atoms with Crippen molar-refractivity contribution in [3.63, 3.8) is 0 Å². The number of rotatable bonds is 7. The van der Waals surface area contributed by atoms with Crippen molar-refractivity contribution in [2.24, 2.45) is 0 Å². The number of anilines is 1. The van der Waals surface area contributed by atoms with Gasteiger partial charge in [-0.05, 0) is 59.0 Å². The van der Waals surface area contributed by atoms with Crippen LogP contribution in [0, 0.1) is 0 Å². The predicted octanol–water partition coefficient (Wildman–Crippen LogP) is 3.07. The summed E-state index contributed by atoms with van der Waals surface area (Å²) >= 11 is 0. The number of carbonyl (C=O) groups is 1. The van der Waals surface area contributed by atoms with Gasteiger partial charge in [0.15, 0.2) is 0 Å². The molecule has 5 nitrogen and oxygen atoms in total. The molecule has 0 atom stereocenters. The standard InChI is InChI=1S/C17H29N3O2/c1-17(2,3)22-16(21)19-11-7-10-18-15-9-6-8-14(12-15)13-20(4)5/h6,8-9,12,18H,7,10-11,13H2,1-5H3,(H,19,21). The molecule has 0 bridgehead atoms. The van der Waals surface area contributed by atoms with Crippen LogP contribution in [-0.2, 0) is 11.3 Å². The van der Waals surface area contributed by atoms with Gasteiger partial charge in [0, 0.05) is 25.3 Å². The van der Waals surface area contributed by atoms with Gasteiger partial charge < -0.3 is 20.3 Å². The number of benzene rings is 1. The van der Waals surface area contributed by atoms with Crippen LogP contribution in [-0.4, -0.2) is 43.8 Å². The van der Waals surface area contributed by atoms with Crippen LogP contribution in [0.1, 0.15) is 32.8 Å². The van der Waals surface area contributed by atoms with Gasteiger partial charge in [-0.25, -0.2) is 4.79 Å². The van der Waals surface area contributed by atoms with Gasteiger partial charge >= 0.3 is 6.09 Å². The zero-order chi connectivity index (χ0) is 16.6. The van der Waals surface area contributed by atoms with Crippen LogP contribution in [0.2, 0.25) is 0 Å². The Hall–Kier alpha value is -1.75. The molecule has 0 heterocycles. The lowest BCUT2D eigenvalue weighted by Crippen LogP contribution is -2.33. The molecule has 5 heteroatoms. The molecule has 0 saturated heterocycles. The van der Waals surface area contributed by atoms with Crippen molar-refractivity contribution in [2.45, 2.75) is 39.3 Å². The molecule has 2 N–H and O–H groups in total. The second kappa shape index (κ2) is 8.63. The summed E-state index contributed by atoms with van der Waals surface area (Å²) in [4.78, 5) is 13.6. The van der Waals surface area contributed by atoms with Crippen LogP contribution in [0.3, 0.4) is 0 Å². The molecule has 0 saturated carbocycles. The normalized spacial score (nSPS) is 11.4. The van der Waals surface area contributed by atoms with E-state index in [-0.39, 0.29) is 6.09 Å². The molecule has 0 radical (unpaired) electrons. The highest BCUT2D eigenvalue weighted by atomic mass is 16.6. The number of alkyl carbamates (subject to hydrolysis) is 1. The first-order valence-electron chi connectivity index (χ1n) is 7.71. The van der Waals surface area contributed by atoms with Gasteiger partial charge in [0.25, 0.3) is 0 Å². The summed E-state index contributed by atoms with van der Waals surface area (Å²) in [5, 5.41) is 6.12. The molecule has 0 fully saturated rings. The van der Waals surface area contributed by atoms with Gasteiger partial charge in [-0.15, -0.1) is 0 Å². The van der Waals surface area contributed by atoms with Crippen molar-refractivity contribution in [3.8, 4) is 0 Å². The molecule has 0 aromatic heterocycles. The first kappa shape index (κ1) is 18.3. The summed E-state index contributed by atoms with van der Waals surface area (Å²) in [7, 11) is 4.12. The van der Waals surface area contributed by atoms with Crippen LogP contribution in [0.5, 0.6) is 0 Å². The van der Waals surface area contributed by atoms with E-state index in [0.717, 1.165) is 25.2 Å². The Bertz CT molecular complexity index is 467. The molecule has 0 aliphatic heterocycles. The van der Waals surface area contributed by atoms with Gasteiger partial charge in [0.05, 0.1) is 0 Å². The summed E-state index contributed by atoms with van der Waals surface area (Å²) in [6, 6.07) is 8.39. The Morgan fingerprint density at radius 2 is 1.95 bits per heavy atom. The van der Waals surface area contributed by atoms with Crippen molar-refractivity contribution >= 4 is 11.8 Å². The van der Waals surface area contributed by atoms with Gasteiger partial charge in [-0.3, -0.25) is 0 Å². The number of nitrogens with one attached hydrogen (secondary N) is 2. The van der Waals surface area contributed by atoms with E-state index < -0.39 is 5.60 Å². The molecule has 124 valence electrons. The third kappa shape index (κ3) is 8.52. The molecule has 0 unspecified atom stereocenters. The minimum atomic E-state index is -0.449. The summed E-state index contributed by atoms with van der Waals surface area (Å²) < 4.78 is 5.18. The predicted molar refractivity (Wildman–Crippen MR) is 91.2 cm³/mol. The largest absolute Gasteiger partial charge is 0.444 e. The molecule has 1 amide bonds. The summed E-state index contributed by atoms with van der Waals surface area (Å²) in [6.45, 7) is 7.90. The van der Waals surface area contributed by atoms with Crippen molar-refractivity contribution < 1.29 is 9.53 Å². The van der Waals surface area contributed by atoms with E-state index in [1.807, 2.05) is 20.8 Å². The Balaban J connectivity index is 2.23. The lowest BCUT2D eigenvalue weighted by atomic mass is 10.2. The maximum absolute atomic E-state index is 11.5. The molecule has 0 aliphatic rings. The summed E-state index contributed by atoms with van der Waals surface area (Å²) in [6.07, 6.45) is 0.484. The number of ether oxygens (including phenoxy) is 1. The maximum atomic E-state index is 11.5. The first-order valence-corrected chi connectivity index (χ1v) is 7.71. The van der Waals surface area contributed by atoms with Gasteiger partial charge in [-0.2, -0.15) is 0 Å². The van der Waals surface area contributed by atoms with Gasteiger partial charge in [-0.1, -0.05) is 12.1 Å². The number of carbonyl (C=O) groups excluding carboxylic acids is 1. The molecular weight excluding hydrogens is 278 g/mol. The van der Waals surface area contributed by atoms with Crippen LogP contribution < -0.4 is 10.6 Å². The molecule has 1 aromatic rings. The number of amides is 1. The van der Waals surface area contributed by atoms with Crippen LogP contribution in [0.4, 0.5) is 10.5 Å². The summed E-state index contributed by atoms with van der Waals surface area (Å²) in [5.41, 5.74) is 1.94. The number of hydrogen-bond donors (Lipinski definition) is 2. The average molecular weight is 307 g/mol. The highest BCUT2D eigenvalue weighted by molar-refractivity contribution is 5.67. The van der Waals surface area contributed by atoms with Crippen LogP contribution in [0.15, 0.2) is 24.3 Å². The minimum absolute atomic E-state index is 0.361. The highest BCUT2D eigenvalue weighted by Crippen LogP contribution is 2.11. The van der Waals surface area contributed by atoms with Gasteiger partial charge in [0.2, 0.25) is 0 Å². The third-order valence-electron chi connectivity index (χ3n) is 2.78. The van der Waals surface area contributed by atoms with Crippen molar-refractivity contribution in [1.29, 1.82) is 0 Å². The van der Waals surface area contributed by atoms with E-state index in [1.165, 1.54) is 5.56 Å². The monoisotopic (exact) mass is 307 g/mol. The van der Waals surface area contributed by atoms with Crippen molar-refractivity contribution in [1.82, 2.24) is 10.2 Å². The van der Waals surface area contributed by atoms with Crippen molar-refractivity contribution in [3.05, 3.63) is 29.8 Å². The van der Waals surface area contributed by atoms with E-state index in [4.69, 9.17) is 4.74 Å². The SMILES string of the molecule is CN(C)Cc1cccc(NCCCNC(=O)OC(C)(C)C)c1. The maximum Gasteiger partial charge on any atom is 0.407 e. The Morgan fingerprint density at radius 3 is 2.59 bits per heavy atom. The smallest absolute Gasteiger partial charge is 0.407 e. The van der Waals surface area contributed by atoms with E-state index >= 15 is 0 Å². The third-order valence-corrected chi connectivity index (χ3v) is 2.78. The Morgan fingerprint density at radius 1 is 1.23 bits per heavy atom. The quantitative estimate of drug-likeness (QED) is 0.760. The Kier molecular flexibility index (Phi) is 7.18. The van der Waals surface area contributed by atoms with E-state index in [0.29, 0.717) is 6.54 Å². The van der Waals surface area contributed by atoms with Crippen LogP contribution in [0.25, 0.3) is 0 Å². The highest BCUT2D eigenvalue weighted by Gasteiger charge is 2.15.